The summed E-state index contributed by atoms with van der Waals surface area (Å²) in [6.07, 6.45) is 8.66. The Labute approximate surface area is 124 Å². The van der Waals surface area contributed by atoms with E-state index in [1.165, 1.54) is 43.7 Å². The van der Waals surface area contributed by atoms with E-state index in [0.29, 0.717) is 10.9 Å². The van der Waals surface area contributed by atoms with Crippen LogP contribution in [-0.2, 0) is 18.3 Å². The third-order valence-electron chi connectivity index (χ3n) is 4.63. The van der Waals surface area contributed by atoms with Crippen molar-refractivity contribution in [1.82, 2.24) is 14.7 Å². The minimum Gasteiger partial charge on any atom is -0.377 e. The Hall–Kier alpha value is -0.520. The third-order valence-corrected chi connectivity index (χ3v) is 6.20. The summed E-state index contributed by atoms with van der Waals surface area (Å²) in [6.45, 7) is 4.50. The maximum Gasteiger partial charge on any atom is 0.0680 e. The van der Waals surface area contributed by atoms with E-state index in [9.17, 15) is 0 Å². The molecule has 1 aromatic rings. The highest BCUT2D eigenvalue weighted by atomic mass is 32.2. The summed E-state index contributed by atoms with van der Waals surface area (Å²) < 4.78 is 8.44. The van der Waals surface area contributed by atoms with E-state index in [-0.39, 0.29) is 0 Å². The first-order chi connectivity index (χ1) is 9.71. The van der Waals surface area contributed by atoms with Gasteiger partial charge in [-0.2, -0.15) is 5.10 Å². The molecule has 0 bridgehead atoms. The Balaban J connectivity index is 1.23. The Morgan fingerprint density at radius 3 is 3.00 bits per heavy atom. The molecular weight excluding hydrogens is 270 g/mol. The lowest BCUT2D eigenvalue weighted by Crippen LogP contribution is -2.58. The summed E-state index contributed by atoms with van der Waals surface area (Å²) in [6, 6.07) is 0. The largest absolute Gasteiger partial charge is 0.377 e. The summed E-state index contributed by atoms with van der Waals surface area (Å²) >= 11 is 2.14. The highest BCUT2D eigenvalue weighted by molar-refractivity contribution is 8.01. The molecule has 4 nitrogen and oxygen atoms in total. The summed E-state index contributed by atoms with van der Waals surface area (Å²) in [7, 11) is 1.98. The second-order valence-electron chi connectivity index (χ2n) is 6.76. The molecule has 2 aliphatic heterocycles. The van der Waals surface area contributed by atoms with Crippen molar-refractivity contribution in [2.24, 2.45) is 13.0 Å². The zero-order chi connectivity index (χ0) is 13.6. The number of hydrogen-bond acceptors (Lipinski definition) is 4. The van der Waals surface area contributed by atoms with E-state index in [4.69, 9.17) is 4.74 Å². The van der Waals surface area contributed by atoms with Crippen LogP contribution in [0.25, 0.3) is 0 Å². The van der Waals surface area contributed by atoms with Gasteiger partial charge >= 0.3 is 0 Å². The highest BCUT2D eigenvalue weighted by Gasteiger charge is 2.49. The second kappa shape index (κ2) is 5.04. The summed E-state index contributed by atoms with van der Waals surface area (Å²) in [4.78, 5) is 2.54. The molecule has 1 unspecified atom stereocenters. The Morgan fingerprint density at radius 1 is 1.45 bits per heavy atom. The van der Waals surface area contributed by atoms with E-state index >= 15 is 0 Å². The Kier molecular flexibility index (Phi) is 3.32. The van der Waals surface area contributed by atoms with Crippen LogP contribution in [0.5, 0.6) is 0 Å². The van der Waals surface area contributed by atoms with E-state index in [1.807, 2.05) is 17.9 Å². The molecule has 1 saturated carbocycles. The molecule has 3 fully saturated rings. The van der Waals surface area contributed by atoms with Gasteiger partial charge in [0.15, 0.2) is 0 Å². The van der Waals surface area contributed by atoms with Crippen LogP contribution in [0.15, 0.2) is 12.4 Å². The lowest BCUT2D eigenvalue weighted by atomic mass is 9.92. The number of ether oxygens (including phenoxy) is 1. The summed E-state index contributed by atoms with van der Waals surface area (Å²) in [5.41, 5.74) is 1.33. The minimum atomic E-state index is 0.496. The average Bonchev–Trinajstić information content (AvgIpc) is 2.98. The molecule has 110 valence electrons. The van der Waals surface area contributed by atoms with Gasteiger partial charge < -0.3 is 4.74 Å². The van der Waals surface area contributed by atoms with Gasteiger partial charge in [-0.1, -0.05) is 0 Å². The molecule has 1 aromatic heterocycles. The van der Waals surface area contributed by atoms with Crippen molar-refractivity contribution >= 4 is 11.8 Å². The lowest BCUT2D eigenvalue weighted by molar-refractivity contribution is 0.0305. The number of aryl methyl sites for hydroxylation is 1. The van der Waals surface area contributed by atoms with Crippen LogP contribution in [0.4, 0.5) is 0 Å². The maximum absolute atomic E-state index is 6.06. The fourth-order valence-corrected chi connectivity index (χ4v) is 4.98. The number of hydrogen-bond donors (Lipinski definition) is 0. The van der Waals surface area contributed by atoms with Crippen LogP contribution in [0.3, 0.4) is 0 Å². The number of nitrogens with zero attached hydrogens (tertiary/aromatic N) is 3. The molecule has 1 aliphatic carbocycles. The summed E-state index contributed by atoms with van der Waals surface area (Å²) in [5.74, 6) is 2.09. The topological polar surface area (TPSA) is 30.3 Å². The van der Waals surface area contributed by atoms with Crippen LogP contribution < -0.4 is 0 Å². The Bertz CT molecular complexity index is 479. The molecule has 0 N–H and O–H groups in total. The molecule has 1 atom stereocenters. The molecule has 0 amide bonds. The lowest BCUT2D eigenvalue weighted by Gasteiger charge is -2.47. The van der Waals surface area contributed by atoms with Crippen molar-refractivity contribution in [3.05, 3.63) is 18.0 Å². The molecule has 2 saturated heterocycles. The number of aromatic nitrogens is 2. The SMILES string of the molecule is Cn1cc(CN2CC3(CC(OCC4CC4)CS3)C2)cn1. The fraction of sp³-hybridized carbons (Fsp3) is 0.800. The molecule has 1 spiro atoms. The third kappa shape index (κ3) is 2.76. The zero-order valence-electron chi connectivity index (χ0n) is 12.1. The molecular formula is C15H23N3OS. The van der Waals surface area contributed by atoms with E-state index < -0.39 is 0 Å². The maximum atomic E-state index is 6.06. The Morgan fingerprint density at radius 2 is 2.30 bits per heavy atom. The standard InChI is InChI=1S/C15H23N3OS/c1-17-6-13(5-16-17)7-18-10-15(11-18)4-14(9-20-15)19-8-12-2-3-12/h5-6,12,14H,2-4,7-11H2,1H3. The van der Waals surface area contributed by atoms with E-state index in [2.05, 4.69) is 28.0 Å². The molecule has 3 heterocycles. The van der Waals surface area contributed by atoms with Gasteiger partial charge in [-0.05, 0) is 25.2 Å². The van der Waals surface area contributed by atoms with Crippen LogP contribution in [-0.4, -0.2) is 51.0 Å². The molecule has 0 aromatic carbocycles. The van der Waals surface area contributed by atoms with Gasteiger partial charge in [0.25, 0.3) is 0 Å². The highest BCUT2D eigenvalue weighted by Crippen LogP contribution is 2.46. The van der Waals surface area contributed by atoms with Crippen LogP contribution >= 0.6 is 11.8 Å². The molecule has 5 heteroatoms. The van der Waals surface area contributed by atoms with Crippen molar-refractivity contribution in [3.63, 3.8) is 0 Å². The van der Waals surface area contributed by atoms with Crippen LogP contribution in [0, 0.1) is 5.92 Å². The first-order valence-electron chi connectivity index (χ1n) is 7.66. The van der Waals surface area contributed by atoms with Crippen molar-refractivity contribution in [2.75, 3.05) is 25.4 Å². The average molecular weight is 293 g/mol. The fourth-order valence-electron chi connectivity index (χ4n) is 3.38. The first kappa shape index (κ1) is 13.2. The summed E-state index contributed by atoms with van der Waals surface area (Å²) in [5, 5.41) is 4.24. The van der Waals surface area contributed by atoms with E-state index in [0.717, 1.165) is 19.1 Å². The van der Waals surface area contributed by atoms with Gasteiger partial charge in [-0.25, -0.2) is 0 Å². The van der Waals surface area contributed by atoms with Crippen molar-refractivity contribution in [3.8, 4) is 0 Å². The van der Waals surface area contributed by atoms with Crippen molar-refractivity contribution < 1.29 is 4.74 Å². The molecule has 3 aliphatic rings. The van der Waals surface area contributed by atoms with Crippen molar-refractivity contribution in [1.29, 1.82) is 0 Å². The predicted octanol–water partition coefficient (Wildman–Crippen LogP) is 1.91. The zero-order valence-corrected chi connectivity index (χ0v) is 12.9. The van der Waals surface area contributed by atoms with Gasteiger partial charge in [-0.15, -0.1) is 11.8 Å². The number of likely N-dealkylation sites (tertiary alicyclic amines) is 1. The van der Waals surface area contributed by atoms with Gasteiger partial charge in [-0.3, -0.25) is 9.58 Å². The number of thioether (sulfide) groups is 1. The van der Waals surface area contributed by atoms with Crippen molar-refractivity contribution in [2.45, 2.75) is 36.7 Å². The monoisotopic (exact) mass is 293 g/mol. The minimum absolute atomic E-state index is 0.496. The van der Waals surface area contributed by atoms with Gasteiger partial charge in [0.2, 0.25) is 0 Å². The quantitative estimate of drug-likeness (QED) is 0.829. The van der Waals surface area contributed by atoms with Crippen LogP contribution in [0.2, 0.25) is 0 Å². The molecule has 0 radical (unpaired) electrons. The molecule has 20 heavy (non-hydrogen) atoms. The van der Waals surface area contributed by atoms with Gasteiger partial charge in [0.1, 0.15) is 0 Å². The first-order valence-corrected chi connectivity index (χ1v) is 8.65. The van der Waals surface area contributed by atoms with E-state index in [1.54, 1.807) is 0 Å². The number of rotatable bonds is 5. The van der Waals surface area contributed by atoms with Gasteiger partial charge in [0.05, 0.1) is 12.3 Å². The predicted molar refractivity (Wildman–Crippen MR) is 80.8 cm³/mol. The smallest absolute Gasteiger partial charge is 0.0680 e. The molecule has 4 rings (SSSR count). The van der Waals surface area contributed by atoms with Crippen LogP contribution in [0.1, 0.15) is 24.8 Å². The van der Waals surface area contributed by atoms with Gasteiger partial charge in [0, 0.05) is 55.5 Å². The second-order valence-corrected chi connectivity index (χ2v) is 8.25. The normalized spacial score (nSPS) is 28.9.